The van der Waals surface area contributed by atoms with Gasteiger partial charge < -0.3 is 10.2 Å². The molecule has 1 fully saturated rings. The SMILES string of the molecule is O=C(c1ccccc1)[C@@H]1[C@@H](C(=O)c2ccccc2)[C@@]2(C(=O)Nc3ccccc32)[C@@H]2C=Cc3ccccc3N12. The average Bonchev–Trinajstić information content (AvgIpc) is 3.45. The zero-order valence-corrected chi connectivity index (χ0v) is 20.5. The standard InChI is InChI=1S/C33H24N2O3/c36-30(22-12-3-1-4-13-22)28-29(31(37)23-14-5-2-6-15-23)35-26-18-10-7-11-21(26)19-20-27(35)33(28)24-16-8-9-17-25(24)34-32(33)38/h1-20,27-29H,(H,34,38)/t27-,28-,29-,33-/m0/s1. The molecular weight excluding hydrogens is 472 g/mol. The summed E-state index contributed by atoms with van der Waals surface area (Å²) in [6.07, 6.45) is 4.00. The van der Waals surface area contributed by atoms with Crippen LogP contribution in [0.3, 0.4) is 0 Å². The van der Waals surface area contributed by atoms with Gasteiger partial charge in [-0.05, 0) is 23.3 Å². The van der Waals surface area contributed by atoms with Crippen molar-refractivity contribution in [1.29, 1.82) is 0 Å². The number of anilines is 2. The van der Waals surface area contributed by atoms with Crippen LogP contribution in [0.1, 0.15) is 31.8 Å². The van der Waals surface area contributed by atoms with Crippen LogP contribution in [0.2, 0.25) is 0 Å². The van der Waals surface area contributed by atoms with Crippen molar-refractivity contribution in [1.82, 2.24) is 0 Å². The number of carbonyl (C=O) groups is 3. The second kappa shape index (κ2) is 8.38. The number of hydrogen-bond donors (Lipinski definition) is 1. The monoisotopic (exact) mass is 496 g/mol. The van der Waals surface area contributed by atoms with E-state index in [-0.39, 0.29) is 17.5 Å². The van der Waals surface area contributed by atoms with Crippen LogP contribution in [-0.4, -0.2) is 29.6 Å². The van der Waals surface area contributed by atoms with Crippen LogP contribution in [0, 0.1) is 5.92 Å². The van der Waals surface area contributed by atoms with Gasteiger partial charge in [0.25, 0.3) is 0 Å². The van der Waals surface area contributed by atoms with Gasteiger partial charge in [0.1, 0.15) is 11.5 Å². The summed E-state index contributed by atoms with van der Waals surface area (Å²) < 4.78 is 0. The third-order valence-electron chi connectivity index (χ3n) is 8.21. The van der Waals surface area contributed by atoms with Gasteiger partial charge in [0.15, 0.2) is 11.6 Å². The van der Waals surface area contributed by atoms with Crippen LogP contribution >= 0.6 is 0 Å². The summed E-state index contributed by atoms with van der Waals surface area (Å²) in [7, 11) is 0. The molecule has 0 unspecified atom stereocenters. The van der Waals surface area contributed by atoms with E-state index in [1.165, 1.54) is 0 Å². The fourth-order valence-electron chi connectivity index (χ4n) is 6.67. The van der Waals surface area contributed by atoms with Gasteiger partial charge in [0.05, 0.1) is 12.0 Å². The van der Waals surface area contributed by atoms with Gasteiger partial charge in [-0.2, -0.15) is 0 Å². The quantitative estimate of drug-likeness (QED) is 0.377. The van der Waals surface area contributed by atoms with Crippen LogP contribution in [0.25, 0.3) is 6.08 Å². The topological polar surface area (TPSA) is 66.5 Å². The summed E-state index contributed by atoms with van der Waals surface area (Å²) in [5.41, 5.74) is 2.93. The average molecular weight is 497 g/mol. The molecule has 0 aromatic heterocycles. The van der Waals surface area contributed by atoms with Crippen molar-refractivity contribution in [2.75, 3.05) is 10.2 Å². The largest absolute Gasteiger partial charge is 0.352 e. The second-order valence-corrected chi connectivity index (χ2v) is 10.0. The van der Waals surface area contributed by atoms with Crippen molar-refractivity contribution in [3.63, 3.8) is 0 Å². The van der Waals surface area contributed by atoms with Crippen molar-refractivity contribution in [2.45, 2.75) is 17.5 Å². The number of nitrogens with one attached hydrogen (secondary N) is 1. The number of carbonyl (C=O) groups excluding carboxylic acids is 3. The maximum absolute atomic E-state index is 14.6. The van der Waals surface area contributed by atoms with E-state index < -0.39 is 23.4 Å². The molecule has 4 aromatic carbocycles. The summed E-state index contributed by atoms with van der Waals surface area (Å²) in [5.74, 6) is -1.60. The molecule has 5 heteroatoms. The molecule has 4 atom stereocenters. The Balaban J connectivity index is 1.55. The third kappa shape index (κ3) is 2.96. The van der Waals surface area contributed by atoms with E-state index in [2.05, 4.69) is 5.32 Å². The summed E-state index contributed by atoms with van der Waals surface area (Å²) in [4.78, 5) is 45.3. The number of benzene rings is 4. The fraction of sp³-hybridized carbons (Fsp3) is 0.121. The summed E-state index contributed by atoms with van der Waals surface area (Å²) in [6.45, 7) is 0. The molecule has 0 saturated carbocycles. The minimum Gasteiger partial charge on any atom is -0.352 e. The lowest BCUT2D eigenvalue weighted by Crippen LogP contribution is -2.51. The highest BCUT2D eigenvalue weighted by Crippen LogP contribution is 2.58. The zero-order chi connectivity index (χ0) is 25.9. The number of nitrogens with zero attached hydrogens (tertiary/aromatic N) is 1. The number of amides is 1. The van der Waals surface area contributed by atoms with Crippen molar-refractivity contribution in [2.24, 2.45) is 5.92 Å². The predicted molar refractivity (Wildman–Crippen MR) is 147 cm³/mol. The highest BCUT2D eigenvalue weighted by molar-refractivity contribution is 6.18. The van der Waals surface area contributed by atoms with Gasteiger partial charge >= 0.3 is 0 Å². The van der Waals surface area contributed by atoms with Crippen molar-refractivity contribution >= 4 is 34.9 Å². The van der Waals surface area contributed by atoms with E-state index in [1.54, 1.807) is 24.3 Å². The molecule has 0 aliphatic carbocycles. The normalized spacial score (nSPS) is 24.5. The molecule has 3 aliphatic rings. The smallest absolute Gasteiger partial charge is 0.238 e. The van der Waals surface area contributed by atoms with Gasteiger partial charge in [0, 0.05) is 22.5 Å². The molecule has 0 bridgehead atoms. The van der Waals surface area contributed by atoms with E-state index in [0.29, 0.717) is 16.8 Å². The molecule has 4 aromatic rings. The fourth-order valence-corrected chi connectivity index (χ4v) is 6.67. The molecule has 3 aliphatic heterocycles. The number of Topliss-reactive ketones (excluding diaryl/α,β-unsaturated/α-hetero) is 2. The van der Waals surface area contributed by atoms with Crippen molar-refractivity contribution in [3.8, 4) is 0 Å². The number of hydrogen-bond acceptors (Lipinski definition) is 4. The lowest BCUT2D eigenvalue weighted by Gasteiger charge is -2.37. The van der Waals surface area contributed by atoms with Crippen LogP contribution in [0.15, 0.2) is 115 Å². The van der Waals surface area contributed by atoms with Gasteiger partial charge in [-0.3, -0.25) is 14.4 Å². The Kier molecular flexibility index (Phi) is 4.95. The Morgan fingerprint density at radius 3 is 2.05 bits per heavy atom. The van der Waals surface area contributed by atoms with Gasteiger partial charge in [-0.1, -0.05) is 109 Å². The number of para-hydroxylation sites is 2. The Morgan fingerprint density at radius 2 is 1.32 bits per heavy atom. The molecule has 0 radical (unpaired) electrons. The van der Waals surface area contributed by atoms with E-state index in [1.807, 2.05) is 102 Å². The first-order valence-corrected chi connectivity index (χ1v) is 12.8. The molecule has 38 heavy (non-hydrogen) atoms. The Hall–Kier alpha value is -4.77. The summed E-state index contributed by atoms with van der Waals surface area (Å²) in [5, 5.41) is 3.06. The molecule has 184 valence electrons. The van der Waals surface area contributed by atoms with E-state index in [4.69, 9.17) is 0 Å². The van der Waals surface area contributed by atoms with Crippen LogP contribution < -0.4 is 10.2 Å². The maximum atomic E-state index is 14.6. The van der Waals surface area contributed by atoms with Crippen LogP contribution in [-0.2, 0) is 10.2 Å². The van der Waals surface area contributed by atoms with Crippen LogP contribution in [0.5, 0.6) is 0 Å². The Morgan fingerprint density at radius 1 is 0.711 bits per heavy atom. The molecule has 5 nitrogen and oxygen atoms in total. The lowest BCUT2D eigenvalue weighted by atomic mass is 9.64. The van der Waals surface area contributed by atoms with Crippen LogP contribution in [0.4, 0.5) is 11.4 Å². The molecule has 1 spiro atoms. The van der Waals surface area contributed by atoms with Gasteiger partial charge in [-0.15, -0.1) is 0 Å². The Labute approximate surface area is 220 Å². The van der Waals surface area contributed by atoms with Crippen molar-refractivity contribution < 1.29 is 14.4 Å². The summed E-state index contributed by atoms with van der Waals surface area (Å²) in [6, 6.07) is 32.1. The minimum absolute atomic E-state index is 0.177. The molecule has 1 N–H and O–H groups in total. The van der Waals surface area contributed by atoms with E-state index in [0.717, 1.165) is 16.8 Å². The molecular formula is C33H24N2O3. The highest BCUT2D eigenvalue weighted by Gasteiger charge is 2.70. The lowest BCUT2D eigenvalue weighted by molar-refractivity contribution is -0.121. The summed E-state index contributed by atoms with van der Waals surface area (Å²) >= 11 is 0. The molecule has 1 amide bonds. The number of rotatable bonds is 4. The minimum atomic E-state index is -1.29. The first-order chi connectivity index (χ1) is 18.6. The van der Waals surface area contributed by atoms with E-state index >= 15 is 0 Å². The second-order valence-electron chi connectivity index (χ2n) is 10.0. The number of ketones is 2. The van der Waals surface area contributed by atoms with E-state index in [9.17, 15) is 14.4 Å². The molecule has 3 heterocycles. The first-order valence-electron chi connectivity index (χ1n) is 12.8. The molecule has 7 rings (SSSR count). The Bertz CT molecular complexity index is 1630. The van der Waals surface area contributed by atoms with Gasteiger partial charge in [-0.25, -0.2) is 0 Å². The van der Waals surface area contributed by atoms with Gasteiger partial charge in [0.2, 0.25) is 5.91 Å². The third-order valence-corrected chi connectivity index (χ3v) is 8.21. The van der Waals surface area contributed by atoms with Crippen molar-refractivity contribution in [3.05, 3.63) is 138 Å². The number of fused-ring (bicyclic) bond motifs is 6. The predicted octanol–water partition coefficient (Wildman–Crippen LogP) is 5.54. The molecule has 1 saturated heterocycles. The zero-order valence-electron chi connectivity index (χ0n) is 20.5. The first kappa shape index (κ1) is 22.4. The maximum Gasteiger partial charge on any atom is 0.238 e. The highest BCUT2D eigenvalue weighted by atomic mass is 16.2.